The molecule has 0 saturated heterocycles. The van der Waals surface area contributed by atoms with E-state index in [9.17, 15) is 13.2 Å². The van der Waals surface area contributed by atoms with Gasteiger partial charge in [0.15, 0.2) is 0 Å². The van der Waals surface area contributed by atoms with Gasteiger partial charge >= 0.3 is 6.36 Å². The first-order valence-electron chi connectivity index (χ1n) is 4.64. The Balaban J connectivity index is 2.61. The molecular formula is C11H11F3O2. The second kappa shape index (κ2) is 5.55. The molecule has 0 fully saturated rings. The number of aliphatic hydroxyl groups excluding tert-OH is 1. The van der Waals surface area contributed by atoms with Crippen molar-refractivity contribution >= 4 is 6.08 Å². The SMILES string of the molecule is OCCC=Cc1ccc(OC(F)(F)F)cc1. The number of rotatable bonds is 4. The predicted octanol–water partition coefficient (Wildman–Crippen LogP) is 2.98. The third-order valence-electron chi connectivity index (χ3n) is 1.72. The van der Waals surface area contributed by atoms with E-state index in [1.165, 1.54) is 24.3 Å². The highest BCUT2D eigenvalue weighted by Crippen LogP contribution is 2.22. The summed E-state index contributed by atoms with van der Waals surface area (Å²) in [6, 6.07) is 5.50. The van der Waals surface area contributed by atoms with E-state index in [2.05, 4.69) is 4.74 Å². The highest BCUT2D eigenvalue weighted by molar-refractivity contribution is 5.50. The van der Waals surface area contributed by atoms with Gasteiger partial charge in [0.05, 0.1) is 0 Å². The molecule has 0 spiro atoms. The number of hydrogen-bond acceptors (Lipinski definition) is 2. The van der Waals surface area contributed by atoms with Crippen LogP contribution < -0.4 is 4.74 Å². The van der Waals surface area contributed by atoms with E-state index < -0.39 is 6.36 Å². The molecule has 0 amide bonds. The van der Waals surface area contributed by atoms with Crippen molar-refractivity contribution in [2.45, 2.75) is 12.8 Å². The molecule has 88 valence electrons. The Labute approximate surface area is 91.0 Å². The Morgan fingerprint density at radius 3 is 2.31 bits per heavy atom. The van der Waals surface area contributed by atoms with Gasteiger partial charge in [-0.05, 0) is 24.1 Å². The molecular weight excluding hydrogens is 221 g/mol. The first kappa shape index (κ1) is 12.6. The second-order valence-electron chi connectivity index (χ2n) is 3.03. The Kier molecular flexibility index (Phi) is 4.37. The van der Waals surface area contributed by atoms with Gasteiger partial charge in [-0.15, -0.1) is 13.2 Å². The second-order valence-corrected chi connectivity index (χ2v) is 3.03. The van der Waals surface area contributed by atoms with Crippen LogP contribution in [0.2, 0.25) is 0 Å². The Hall–Kier alpha value is -1.49. The molecule has 2 nitrogen and oxygen atoms in total. The summed E-state index contributed by atoms with van der Waals surface area (Å²) < 4.78 is 39.2. The highest BCUT2D eigenvalue weighted by atomic mass is 19.4. The van der Waals surface area contributed by atoms with Gasteiger partial charge in [0.2, 0.25) is 0 Å². The summed E-state index contributed by atoms with van der Waals surface area (Å²) in [7, 11) is 0. The molecule has 1 rings (SSSR count). The minimum Gasteiger partial charge on any atom is -0.406 e. The van der Waals surface area contributed by atoms with E-state index in [0.29, 0.717) is 6.42 Å². The van der Waals surface area contributed by atoms with Gasteiger partial charge < -0.3 is 9.84 Å². The van der Waals surface area contributed by atoms with Crippen molar-refractivity contribution in [3.63, 3.8) is 0 Å². The van der Waals surface area contributed by atoms with Crippen LogP contribution in [0.4, 0.5) is 13.2 Å². The molecule has 1 N–H and O–H groups in total. The van der Waals surface area contributed by atoms with E-state index in [1.54, 1.807) is 12.2 Å². The molecule has 0 bridgehead atoms. The lowest BCUT2D eigenvalue weighted by molar-refractivity contribution is -0.274. The van der Waals surface area contributed by atoms with E-state index in [-0.39, 0.29) is 12.4 Å². The summed E-state index contributed by atoms with van der Waals surface area (Å²) in [5.41, 5.74) is 0.753. The lowest BCUT2D eigenvalue weighted by Crippen LogP contribution is -2.16. The zero-order chi connectivity index (χ0) is 12.0. The number of benzene rings is 1. The number of ether oxygens (including phenoxy) is 1. The third-order valence-corrected chi connectivity index (χ3v) is 1.72. The maximum Gasteiger partial charge on any atom is 0.573 e. The Morgan fingerprint density at radius 2 is 1.81 bits per heavy atom. The van der Waals surface area contributed by atoms with Gasteiger partial charge in [0.25, 0.3) is 0 Å². The van der Waals surface area contributed by atoms with Crippen LogP contribution in [-0.4, -0.2) is 18.1 Å². The largest absolute Gasteiger partial charge is 0.573 e. The number of alkyl halides is 3. The average molecular weight is 232 g/mol. The molecule has 0 atom stereocenters. The molecule has 1 aromatic rings. The van der Waals surface area contributed by atoms with Crippen molar-refractivity contribution in [2.75, 3.05) is 6.61 Å². The molecule has 0 aliphatic heterocycles. The van der Waals surface area contributed by atoms with Gasteiger partial charge in [-0.1, -0.05) is 24.3 Å². The molecule has 0 heterocycles. The summed E-state index contributed by atoms with van der Waals surface area (Å²) in [5.74, 6) is -0.244. The summed E-state index contributed by atoms with van der Waals surface area (Å²) >= 11 is 0. The molecule has 16 heavy (non-hydrogen) atoms. The highest BCUT2D eigenvalue weighted by Gasteiger charge is 2.30. The number of aliphatic hydroxyl groups is 1. The maximum atomic E-state index is 11.8. The van der Waals surface area contributed by atoms with Crippen LogP contribution in [0.5, 0.6) is 5.75 Å². The molecule has 0 aliphatic carbocycles. The zero-order valence-electron chi connectivity index (χ0n) is 8.37. The van der Waals surface area contributed by atoms with E-state index in [0.717, 1.165) is 5.56 Å². The topological polar surface area (TPSA) is 29.5 Å². The fourth-order valence-corrected chi connectivity index (χ4v) is 1.07. The smallest absolute Gasteiger partial charge is 0.406 e. The monoisotopic (exact) mass is 232 g/mol. The minimum absolute atomic E-state index is 0.0474. The standard InChI is InChI=1S/C11H11F3O2/c12-11(13,14)16-10-6-4-9(5-7-10)3-1-2-8-15/h1,3-7,15H,2,8H2. The lowest BCUT2D eigenvalue weighted by atomic mass is 10.2. The molecule has 0 saturated carbocycles. The summed E-state index contributed by atoms with van der Waals surface area (Å²) in [5, 5.41) is 8.52. The van der Waals surface area contributed by atoms with Crippen LogP contribution in [0.3, 0.4) is 0 Å². The predicted molar refractivity (Wildman–Crippen MR) is 53.9 cm³/mol. The van der Waals surface area contributed by atoms with Gasteiger partial charge in [0, 0.05) is 6.61 Å². The van der Waals surface area contributed by atoms with Crippen molar-refractivity contribution in [1.82, 2.24) is 0 Å². The van der Waals surface area contributed by atoms with Gasteiger partial charge in [-0.25, -0.2) is 0 Å². The van der Waals surface area contributed by atoms with Crippen LogP contribution in [0.25, 0.3) is 6.08 Å². The van der Waals surface area contributed by atoms with Crippen molar-refractivity contribution in [3.05, 3.63) is 35.9 Å². The third kappa shape index (κ3) is 4.84. The van der Waals surface area contributed by atoms with Crippen molar-refractivity contribution in [3.8, 4) is 5.75 Å². The lowest BCUT2D eigenvalue weighted by Gasteiger charge is -2.08. The molecule has 0 aliphatic rings. The van der Waals surface area contributed by atoms with E-state index >= 15 is 0 Å². The molecule has 0 aromatic heterocycles. The fraction of sp³-hybridized carbons (Fsp3) is 0.273. The van der Waals surface area contributed by atoms with Crippen LogP contribution in [0, 0.1) is 0 Å². The maximum absolute atomic E-state index is 11.8. The van der Waals surface area contributed by atoms with Crippen LogP contribution in [0.15, 0.2) is 30.3 Å². The molecule has 5 heteroatoms. The molecule has 1 aromatic carbocycles. The Morgan fingerprint density at radius 1 is 1.19 bits per heavy atom. The van der Waals surface area contributed by atoms with Gasteiger partial charge in [0.1, 0.15) is 5.75 Å². The number of halogens is 3. The fourth-order valence-electron chi connectivity index (χ4n) is 1.07. The van der Waals surface area contributed by atoms with E-state index in [1.807, 2.05) is 0 Å². The van der Waals surface area contributed by atoms with Crippen molar-refractivity contribution in [1.29, 1.82) is 0 Å². The average Bonchev–Trinajstić information content (AvgIpc) is 2.19. The minimum atomic E-state index is -4.66. The molecule has 0 unspecified atom stereocenters. The van der Waals surface area contributed by atoms with Gasteiger partial charge in [-0.2, -0.15) is 0 Å². The van der Waals surface area contributed by atoms with Crippen LogP contribution >= 0.6 is 0 Å². The van der Waals surface area contributed by atoms with Gasteiger partial charge in [-0.3, -0.25) is 0 Å². The first-order chi connectivity index (χ1) is 7.51. The van der Waals surface area contributed by atoms with E-state index in [4.69, 9.17) is 5.11 Å². The van der Waals surface area contributed by atoms with Crippen LogP contribution in [-0.2, 0) is 0 Å². The zero-order valence-corrected chi connectivity index (χ0v) is 8.37. The number of hydrogen-bond donors (Lipinski definition) is 1. The first-order valence-corrected chi connectivity index (χ1v) is 4.64. The van der Waals surface area contributed by atoms with Crippen LogP contribution in [0.1, 0.15) is 12.0 Å². The summed E-state index contributed by atoms with van der Waals surface area (Å²) in [6.45, 7) is 0.0474. The molecule has 0 radical (unpaired) electrons. The normalized spacial score (nSPS) is 12.0. The summed E-state index contributed by atoms with van der Waals surface area (Å²) in [4.78, 5) is 0. The quantitative estimate of drug-likeness (QED) is 0.864. The van der Waals surface area contributed by atoms with Crippen molar-refractivity contribution < 1.29 is 23.0 Å². The Bertz CT molecular complexity index is 341. The van der Waals surface area contributed by atoms with Crippen molar-refractivity contribution in [2.24, 2.45) is 0 Å². The summed E-state index contributed by atoms with van der Waals surface area (Å²) in [6.07, 6.45) is -0.692.